The molecule has 1 N–H and O–H groups in total. The molecule has 2 unspecified atom stereocenters. The molecule has 2 heterocycles. The molecule has 1 aliphatic carbocycles. The van der Waals surface area contributed by atoms with Gasteiger partial charge in [0, 0.05) is 45.0 Å². The van der Waals surface area contributed by atoms with E-state index in [1.165, 1.54) is 25.0 Å². The van der Waals surface area contributed by atoms with Gasteiger partial charge in [0.1, 0.15) is 0 Å². The minimum atomic E-state index is -4.31. The SMILES string of the molecule is O=C1NC2CCCCC2N1CCN1CCN(c2cccc(C(F)(F)F)c2)CC1. The molecule has 0 radical (unpaired) electrons. The van der Waals surface area contributed by atoms with Gasteiger partial charge in [-0.15, -0.1) is 0 Å². The highest BCUT2D eigenvalue weighted by atomic mass is 19.4. The molecular weight excluding hydrogens is 369 g/mol. The standard InChI is InChI=1S/C20H27F3N4O/c21-20(22,23)15-4-3-5-16(14-15)26-11-8-25(9-12-26)10-13-27-18-7-2-1-6-17(18)24-19(27)28/h3-5,14,17-18H,1-2,6-13H2,(H,24,28). The highest BCUT2D eigenvalue weighted by Gasteiger charge is 2.40. The van der Waals surface area contributed by atoms with E-state index in [9.17, 15) is 18.0 Å². The van der Waals surface area contributed by atoms with Gasteiger partial charge in [-0.1, -0.05) is 18.9 Å². The molecule has 2 atom stereocenters. The lowest BCUT2D eigenvalue weighted by molar-refractivity contribution is -0.137. The Labute approximate surface area is 163 Å². The number of hydrogen-bond acceptors (Lipinski definition) is 3. The second-order valence-corrected chi connectivity index (χ2v) is 7.98. The average Bonchev–Trinajstić information content (AvgIpc) is 3.01. The number of amides is 2. The number of halogens is 3. The minimum Gasteiger partial charge on any atom is -0.369 e. The Kier molecular flexibility index (Phi) is 5.40. The Morgan fingerprint density at radius 3 is 2.54 bits per heavy atom. The van der Waals surface area contributed by atoms with E-state index in [1.807, 2.05) is 9.80 Å². The van der Waals surface area contributed by atoms with Crippen molar-refractivity contribution in [1.82, 2.24) is 15.1 Å². The summed E-state index contributed by atoms with van der Waals surface area (Å²) in [4.78, 5) is 18.6. The summed E-state index contributed by atoms with van der Waals surface area (Å²) in [5.41, 5.74) is 0.0213. The van der Waals surface area contributed by atoms with Crippen LogP contribution in [0, 0.1) is 0 Å². The molecular formula is C20H27F3N4O. The first kappa shape index (κ1) is 19.4. The van der Waals surface area contributed by atoms with Crippen molar-refractivity contribution in [3.63, 3.8) is 0 Å². The van der Waals surface area contributed by atoms with Gasteiger partial charge in [-0.05, 0) is 31.0 Å². The molecule has 8 heteroatoms. The first-order valence-electron chi connectivity index (χ1n) is 10.1. The van der Waals surface area contributed by atoms with Crippen molar-refractivity contribution in [1.29, 1.82) is 0 Å². The fourth-order valence-corrected chi connectivity index (χ4v) is 4.67. The molecule has 154 valence electrons. The van der Waals surface area contributed by atoms with Gasteiger partial charge in [-0.2, -0.15) is 13.2 Å². The third-order valence-electron chi connectivity index (χ3n) is 6.27. The predicted octanol–water partition coefficient (Wildman–Crippen LogP) is 3.16. The van der Waals surface area contributed by atoms with E-state index in [2.05, 4.69) is 10.2 Å². The molecule has 0 spiro atoms. The molecule has 3 fully saturated rings. The molecule has 0 aromatic heterocycles. The third-order valence-corrected chi connectivity index (χ3v) is 6.27. The highest BCUT2D eigenvalue weighted by Crippen LogP contribution is 2.32. The van der Waals surface area contributed by atoms with E-state index >= 15 is 0 Å². The summed E-state index contributed by atoms with van der Waals surface area (Å²) in [6.45, 7) is 4.50. The van der Waals surface area contributed by atoms with E-state index < -0.39 is 11.7 Å². The predicted molar refractivity (Wildman–Crippen MR) is 101 cm³/mol. The minimum absolute atomic E-state index is 0.0551. The van der Waals surface area contributed by atoms with Gasteiger partial charge in [0.15, 0.2) is 0 Å². The number of urea groups is 1. The number of benzene rings is 1. The van der Waals surface area contributed by atoms with Crippen molar-refractivity contribution in [2.75, 3.05) is 44.2 Å². The van der Waals surface area contributed by atoms with Crippen LogP contribution in [0.3, 0.4) is 0 Å². The van der Waals surface area contributed by atoms with Gasteiger partial charge in [-0.25, -0.2) is 4.79 Å². The van der Waals surface area contributed by atoms with E-state index in [-0.39, 0.29) is 6.03 Å². The fourth-order valence-electron chi connectivity index (χ4n) is 4.67. The maximum atomic E-state index is 12.9. The van der Waals surface area contributed by atoms with Crippen LogP contribution in [0.15, 0.2) is 24.3 Å². The van der Waals surface area contributed by atoms with Crippen LogP contribution < -0.4 is 10.2 Å². The van der Waals surface area contributed by atoms with E-state index in [0.717, 1.165) is 45.1 Å². The summed E-state index contributed by atoms with van der Waals surface area (Å²) in [5.74, 6) is 0. The zero-order valence-corrected chi connectivity index (χ0v) is 15.9. The Hall–Kier alpha value is -1.96. The molecule has 5 nitrogen and oxygen atoms in total. The molecule has 2 amide bonds. The number of fused-ring (bicyclic) bond motifs is 1. The number of nitrogens with zero attached hydrogens (tertiary/aromatic N) is 3. The fraction of sp³-hybridized carbons (Fsp3) is 0.650. The molecule has 3 aliphatic rings. The van der Waals surface area contributed by atoms with Gasteiger partial charge in [0.2, 0.25) is 0 Å². The number of piperazine rings is 1. The van der Waals surface area contributed by atoms with E-state index in [0.29, 0.717) is 30.9 Å². The molecule has 4 rings (SSSR count). The normalized spacial score (nSPS) is 26.3. The summed E-state index contributed by atoms with van der Waals surface area (Å²) in [6.07, 6.45) is 0.204. The van der Waals surface area contributed by atoms with Crippen molar-refractivity contribution in [3.05, 3.63) is 29.8 Å². The van der Waals surface area contributed by atoms with Crippen LogP contribution in [0.4, 0.5) is 23.7 Å². The van der Waals surface area contributed by atoms with Crippen LogP contribution in [0.1, 0.15) is 31.2 Å². The van der Waals surface area contributed by atoms with Gasteiger partial charge < -0.3 is 15.1 Å². The van der Waals surface area contributed by atoms with Gasteiger partial charge in [0.25, 0.3) is 0 Å². The van der Waals surface area contributed by atoms with Crippen LogP contribution in [0.5, 0.6) is 0 Å². The Morgan fingerprint density at radius 1 is 1.04 bits per heavy atom. The van der Waals surface area contributed by atoms with Crippen molar-refractivity contribution in [2.45, 2.75) is 43.9 Å². The molecule has 0 bridgehead atoms. The van der Waals surface area contributed by atoms with Crippen molar-refractivity contribution in [3.8, 4) is 0 Å². The van der Waals surface area contributed by atoms with Crippen LogP contribution in [0.25, 0.3) is 0 Å². The number of nitrogens with one attached hydrogen (secondary N) is 1. The summed E-state index contributed by atoms with van der Waals surface area (Å²) >= 11 is 0. The largest absolute Gasteiger partial charge is 0.416 e. The van der Waals surface area contributed by atoms with Crippen LogP contribution in [-0.2, 0) is 6.18 Å². The summed E-state index contributed by atoms with van der Waals surface area (Å²) in [7, 11) is 0. The maximum absolute atomic E-state index is 12.9. The van der Waals surface area contributed by atoms with Gasteiger partial charge in [-0.3, -0.25) is 4.90 Å². The zero-order chi connectivity index (χ0) is 19.7. The van der Waals surface area contributed by atoms with E-state index in [4.69, 9.17) is 0 Å². The van der Waals surface area contributed by atoms with Gasteiger partial charge >= 0.3 is 12.2 Å². The van der Waals surface area contributed by atoms with Crippen molar-refractivity contribution in [2.24, 2.45) is 0 Å². The number of carbonyl (C=O) groups is 1. The molecule has 1 saturated carbocycles. The summed E-state index contributed by atoms with van der Waals surface area (Å²) in [6, 6.07) is 6.23. The lowest BCUT2D eigenvalue weighted by atomic mass is 9.91. The van der Waals surface area contributed by atoms with Crippen LogP contribution in [0.2, 0.25) is 0 Å². The second-order valence-electron chi connectivity index (χ2n) is 7.98. The Bertz CT molecular complexity index is 703. The van der Waals surface area contributed by atoms with Crippen LogP contribution in [-0.4, -0.2) is 67.2 Å². The lowest BCUT2D eigenvalue weighted by Crippen LogP contribution is -2.49. The number of alkyl halides is 3. The molecule has 2 saturated heterocycles. The lowest BCUT2D eigenvalue weighted by Gasteiger charge is -2.37. The smallest absolute Gasteiger partial charge is 0.369 e. The molecule has 1 aromatic rings. The molecule has 2 aliphatic heterocycles. The second kappa shape index (κ2) is 7.81. The first-order valence-corrected chi connectivity index (χ1v) is 10.1. The van der Waals surface area contributed by atoms with Gasteiger partial charge in [0.05, 0.1) is 17.6 Å². The summed E-state index contributed by atoms with van der Waals surface area (Å²) < 4.78 is 38.8. The average molecular weight is 396 g/mol. The monoisotopic (exact) mass is 396 g/mol. The first-order chi connectivity index (χ1) is 13.4. The Morgan fingerprint density at radius 2 is 1.79 bits per heavy atom. The topological polar surface area (TPSA) is 38.8 Å². The highest BCUT2D eigenvalue weighted by molar-refractivity contribution is 5.77. The van der Waals surface area contributed by atoms with E-state index in [1.54, 1.807) is 6.07 Å². The Balaban J connectivity index is 1.28. The van der Waals surface area contributed by atoms with Crippen LogP contribution >= 0.6 is 0 Å². The summed E-state index contributed by atoms with van der Waals surface area (Å²) in [5, 5.41) is 3.11. The number of hydrogen-bond donors (Lipinski definition) is 1. The molecule has 28 heavy (non-hydrogen) atoms. The maximum Gasteiger partial charge on any atom is 0.416 e. The molecule has 1 aromatic carbocycles. The van der Waals surface area contributed by atoms with Crippen molar-refractivity contribution >= 4 is 11.7 Å². The number of anilines is 1. The van der Waals surface area contributed by atoms with Crippen molar-refractivity contribution < 1.29 is 18.0 Å². The third kappa shape index (κ3) is 4.06. The number of carbonyl (C=O) groups excluding carboxylic acids is 1. The number of rotatable bonds is 4. The quantitative estimate of drug-likeness (QED) is 0.850. The zero-order valence-electron chi connectivity index (χ0n) is 15.9.